The lowest BCUT2D eigenvalue weighted by molar-refractivity contribution is 0.0656. The van der Waals surface area contributed by atoms with E-state index < -0.39 is 0 Å². The van der Waals surface area contributed by atoms with Gasteiger partial charge in [-0.2, -0.15) is 0 Å². The standard InChI is InChI=1S/C21H32O4/c1-6-17(22-14-20-15-24-20)10-8-9-16(3)25-18(11-19-13-23-19)12-21(4,5)7-2/h6,8-10,18-20H,1,3,7,11-15H2,2,4-5H3/b9-8-,17-10+. The first-order valence-electron chi connectivity index (χ1n) is 9.14. The Hall–Kier alpha value is -1.52. The van der Waals surface area contributed by atoms with Crippen LogP contribution in [0, 0.1) is 5.41 Å². The maximum Gasteiger partial charge on any atom is 0.118 e. The molecule has 0 aromatic rings. The van der Waals surface area contributed by atoms with Crippen molar-refractivity contribution in [3.63, 3.8) is 0 Å². The van der Waals surface area contributed by atoms with Crippen molar-refractivity contribution in [2.45, 2.75) is 58.3 Å². The first kappa shape index (κ1) is 19.8. The van der Waals surface area contributed by atoms with Crippen LogP contribution >= 0.6 is 0 Å². The molecule has 2 fully saturated rings. The zero-order valence-corrected chi connectivity index (χ0v) is 15.8. The van der Waals surface area contributed by atoms with E-state index in [9.17, 15) is 0 Å². The lowest BCUT2D eigenvalue weighted by Crippen LogP contribution is -2.24. The van der Waals surface area contributed by atoms with Crippen LogP contribution in [0.2, 0.25) is 0 Å². The summed E-state index contributed by atoms with van der Waals surface area (Å²) in [6.45, 7) is 16.7. The van der Waals surface area contributed by atoms with Crippen LogP contribution in [0.4, 0.5) is 0 Å². The maximum absolute atomic E-state index is 6.09. The van der Waals surface area contributed by atoms with Gasteiger partial charge in [0.05, 0.1) is 19.3 Å². The Morgan fingerprint density at radius 2 is 1.96 bits per heavy atom. The van der Waals surface area contributed by atoms with Gasteiger partial charge < -0.3 is 18.9 Å². The molecule has 0 amide bonds. The molecule has 2 rings (SSSR count). The number of ether oxygens (including phenoxy) is 4. The van der Waals surface area contributed by atoms with E-state index in [0.29, 0.717) is 18.5 Å². The van der Waals surface area contributed by atoms with E-state index in [1.165, 1.54) is 0 Å². The number of rotatable bonds is 13. The molecule has 0 aromatic carbocycles. The summed E-state index contributed by atoms with van der Waals surface area (Å²) in [5, 5.41) is 0. The SMILES string of the molecule is C=C/C(=C\C=C/C(=C)OC(CC1CO1)CC(C)(C)CC)OCC1CO1. The molecule has 0 N–H and O–H groups in total. The van der Waals surface area contributed by atoms with Crippen LogP contribution in [0.1, 0.15) is 40.0 Å². The van der Waals surface area contributed by atoms with Crippen molar-refractivity contribution in [1.29, 1.82) is 0 Å². The van der Waals surface area contributed by atoms with Crippen molar-refractivity contribution in [2.75, 3.05) is 19.8 Å². The fourth-order valence-electron chi connectivity index (χ4n) is 2.46. The molecule has 0 aromatic heterocycles. The third-order valence-electron chi connectivity index (χ3n) is 4.57. The first-order chi connectivity index (χ1) is 11.9. The van der Waals surface area contributed by atoms with Gasteiger partial charge in [-0.05, 0) is 30.1 Å². The van der Waals surface area contributed by atoms with Crippen LogP contribution in [-0.2, 0) is 18.9 Å². The molecule has 25 heavy (non-hydrogen) atoms. The number of hydrogen-bond donors (Lipinski definition) is 0. The van der Waals surface area contributed by atoms with Crippen molar-refractivity contribution in [3.05, 3.63) is 49.0 Å². The summed E-state index contributed by atoms with van der Waals surface area (Å²) in [6, 6.07) is 0. The minimum atomic E-state index is 0.130. The molecule has 140 valence electrons. The maximum atomic E-state index is 6.09. The molecule has 3 unspecified atom stereocenters. The van der Waals surface area contributed by atoms with Gasteiger partial charge in [0.25, 0.3) is 0 Å². The predicted molar refractivity (Wildman–Crippen MR) is 100 cm³/mol. The zero-order chi connectivity index (χ0) is 18.3. The third kappa shape index (κ3) is 8.41. The molecule has 0 aliphatic carbocycles. The van der Waals surface area contributed by atoms with Crippen LogP contribution in [-0.4, -0.2) is 38.1 Å². The summed E-state index contributed by atoms with van der Waals surface area (Å²) < 4.78 is 22.2. The van der Waals surface area contributed by atoms with E-state index in [2.05, 4.69) is 33.9 Å². The second-order valence-electron chi connectivity index (χ2n) is 7.52. The van der Waals surface area contributed by atoms with E-state index in [4.69, 9.17) is 18.9 Å². The monoisotopic (exact) mass is 348 g/mol. The molecule has 2 aliphatic rings. The Kier molecular flexibility index (Phi) is 7.33. The van der Waals surface area contributed by atoms with E-state index in [1.807, 2.05) is 18.2 Å². The number of hydrogen-bond acceptors (Lipinski definition) is 4. The van der Waals surface area contributed by atoms with Crippen LogP contribution < -0.4 is 0 Å². The minimum absolute atomic E-state index is 0.130. The Bertz CT molecular complexity index is 510. The van der Waals surface area contributed by atoms with Crippen molar-refractivity contribution < 1.29 is 18.9 Å². The lowest BCUT2D eigenvalue weighted by atomic mass is 9.83. The van der Waals surface area contributed by atoms with Crippen molar-refractivity contribution in [3.8, 4) is 0 Å². The van der Waals surface area contributed by atoms with E-state index >= 15 is 0 Å². The Labute approximate surface area is 152 Å². The molecule has 4 heteroatoms. The molecule has 0 saturated carbocycles. The fourth-order valence-corrected chi connectivity index (χ4v) is 2.46. The van der Waals surface area contributed by atoms with Crippen LogP contribution in [0.5, 0.6) is 0 Å². The Morgan fingerprint density at radius 3 is 2.52 bits per heavy atom. The molecular formula is C21H32O4. The summed E-state index contributed by atoms with van der Waals surface area (Å²) in [5.74, 6) is 1.37. The van der Waals surface area contributed by atoms with Crippen molar-refractivity contribution in [2.24, 2.45) is 5.41 Å². The van der Waals surface area contributed by atoms with Gasteiger partial charge in [0.15, 0.2) is 0 Å². The highest BCUT2D eigenvalue weighted by Gasteiger charge is 2.31. The largest absolute Gasteiger partial charge is 0.491 e. The van der Waals surface area contributed by atoms with Gasteiger partial charge in [0, 0.05) is 6.42 Å². The second kappa shape index (κ2) is 9.25. The highest BCUT2D eigenvalue weighted by atomic mass is 16.6. The topological polar surface area (TPSA) is 43.5 Å². The molecule has 0 radical (unpaired) electrons. The average Bonchev–Trinajstić information content (AvgIpc) is 3.45. The predicted octanol–water partition coefficient (Wildman–Crippen LogP) is 4.54. The Balaban J connectivity index is 1.82. The molecule has 3 atom stereocenters. The van der Waals surface area contributed by atoms with E-state index in [0.717, 1.165) is 38.2 Å². The van der Waals surface area contributed by atoms with Gasteiger partial charge in [0.1, 0.15) is 30.3 Å². The normalized spacial score (nSPS) is 24.0. The van der Waals surface area contributed by atoms with Crippen molar-refractivity contribution >= 4 is 0 Å². The van der Waals surface area contributed by atoms with Gasteiger partial charge in [-0.1, -0.05) is 46.4 Å². The molecule has 2 saturated heterocycles. The highest BCUT2D eigenvalue weighted by molar-refractivity contribution is 5.21. The van der Waals surface area contributed by atoms with Gasteiger partial charge in [0.2, 0.25) is 0 Å². The Morgan fingerprint density at radius 1 is 1.28 bits per heavy atom. The van der Waals surface area contributed by atoms with Gasteiger partial charge >= 0.3 is 0 Å². The van der Waals surface area contributed by atoms with Crippen LogP contribution in [0.15, 0.2) is 49.0 Å². The fraction of sp³-hybridized carbons (Fsp3) is 0.619. The molecule has 0 bridgehead atoms. The quantitative estimate of drug-likeness (QED) is 0.278. The minimum Gasteiger partial charge on any atom is -0.491 e. The summed E-state index contributed by atoms with van der Waals surface area (Å²) in [6.07, 6.45) is 11.0. The number of allylic oxidation sites excluding steroid dienone is 4. The molecule has 2 aliphatic heterocycles. The molecule has 2 heterocycles. The molecular weight excluding hydrogens is 316 g/mol. The lowest BCUT2D eigenvalue weighted by Gasteiger charge is -2.29. The zero-order valence-electron chi connectivity index (χ0n) is 15.8. The average molecular weight is 348 g/mol. The third-order valence-corrected chi connectivity index (χ3v) is 4.57. The second-order valence-corrected chi connectivity index (χ2v) is 7.52. The number of epoxide rings is 2. The highest BCUT2D eigenvalue weighted by Crippen LogP contribution is 2.32. The molecule has 4 nitrogen and oxygen atoms in total. The van der Waals surface area contributed by atoms with Crippen LogP contribution in [0.3, 0.4) is 0 Å². The smallest absolute Gasteiger partial charge is 0.118 e. The summed E-state index contributed by atoms with van der Waals surface area (Å²) >= 11 is 0. The summed E-state index contributed by atoms with van der Waals surface area (Å²) in [4.78, 5) is 0. The van der Waals surface area contributed by atoms with Crippen molar-refractivity contribution in [1.82, 2.24) is 0 Å². The van der Waals surface area contributed by atoms with Crippen LogP contribution in [0.25, 0.3) is 0 Å². The first-order valence-corrected chi connectivity index (χ1v) is 9.14. The van der Waals surface area contributed by atoms with Gasteiger partial charge in [-0.3, -0.25) is 0 Å². The summed E-state index contributed by atoms with van der Waals surface area (Å²) in [5.41, 5.74) is 0.248. The van der Waals surface area contributed by atoms with Gasteiger partial charge in [-0.25, -0.2) is 0 Å². The molecule has 0 spiro atoms. The summed E-state index contributed by atoms with van der Waals surface area (Å²) in [7, 11) is 0. The van der Waals surface area contributed by atoms with E-state index in [1.54, 1.807) is 6.08 Å². The van der Waals surface area contributed by atoms with Gasteiger partial charge in [-0.15, -0.1) is 0 Å². The van der Waals surface area contributed by atoms with E-state index in [-0.39, 0.29) is 17.6 Å².